The zero-order chi connectivity index (χ0) is 22.7. The Morgan fingerprint density at radius 2 is 1.30 bits per heavy atom. The van der Waals surface area contributed by atoms with Crippen LogP contribution in [0.5, 0.6) is 0 Å². The summed E-state index contributed by atoms with van der Waals surface area (Å²) in [7, 11) is -8.14. The summed E-state index contributed by atoms with van der Waals surface area (Å²) in [5.41, 5.74) is 0.929. The lowest BCUT2D eigenvalue weighted by Gasteiger charge is -2.24. The Kier molecular flexibility index (Phi) is 7.62. The van der Waals surface area contributed by atoms with Gasteiger partial charge >= 0.3 is 0 Å². The third-order valence-corrected chi connectivity index (χ3v) is 9.25. The molecule has 10 heteroatoms. The molecule has 0 aliphatic rings. The van der Waals surface area contributed by atoms with Gasteiger partial charge in [0.2, 0.25) is 20.0 Å². The van der Waals surface area contributed by atoms with Gasteiger partial charge in [0, 0.05) is 31.7 Å². The molecule has 0 atom stereocenters. The molecular weight excluding hydrogens is 428 g/mol. The highest BCUT2D eigenvalue weighted by atomic mass is 32.2. The first-order valence-electron chi connectivity index (χ1n) is 9.78. The summed E-state index contributed by atoms with van der Waals surface area (Å²) < 4.78 is 61.2. The third kappa shape index (κ3) is 4.36. The number of aryl methyl sites for hydroxylation is 1. The molecule has 0 bridgehead atoms. The highest BCUT2D eigenvalue weighted by Crippen LogP contribution is 2.35. The maximum Gasteiger partial charge on any atom is 0.244 e. The van der Waals surface area contributed by atoms with Crippen LogP contribution in [0.3, 0.4) is 0 Å². The van der Waals surface area contributed by atoms with Crippen LogP contribution in [0.2, 0.25) is 0 Å². The lowest BCUT2D eigenvalue weighted by Crippen LogP contribution is -2.35. The maximum atomic E-state index is 13.4. The van der Waals surface area contributed by atoms with Gasteiger partial charge in [-0.15, -0.1) is 0 Å². The molecule has 0 saturated carbocycles. The van der Waals surface area contributed by atoms with Crippen LogP contribution in [-0.4, -0.2) is 57.9 Å². The first-order valence-corrected chi connectivity index (χ1v) is 12.7. The van der Waals surface area contributed by atoms with Crippen molar-refractivity contribution in [2.24, 2.45) is 0 Å². The number of benzene rings is 1. The fourth-order valence-electron chi connectivity index (χ4n) is 3.30. The molecule has 0 fully saturated rings. The standard InChI is InChI=1S/C20H28N2O6S2/c1-6-21(7-2)29(24,25)19-12-15(5)17(18-11-10-16(14-23)28-18)13-20(19)30(26,27)22(8-3)9-4/h10-14H,6-9H2,1-5H3. The molecule has 0 unspecified atom stereocenters. The smallest absolute Gasteiger partial charge is 0.244 e. The Bertz CT molecular complexity index is 1110. The van der Waals surface area contributed by atoms with E-state index in [0.717, 1.165) is 0 Å². The zero-order valence-electron chi connectivity index (χ0n) is 17.9. The number of furan rings is 1. The molecule has 0 N–H and O–H groups in total. The summed E-state index contributed by atoms with van der Waals surface area (Å²) in [6.07, 6.45) is 0.547. The molecule has 166 valence electrons. The van der Waals surface area contributed by atoms with E-state index in [1.54, 1.807) is 40.7 Å². The number of carbonyl (C=O) groups is 1. The van der Waals surface area contributed by atoms with Crippen LogP contribution in [-0.2, 0) is 20.0 Å². The van der Waals surface area contributed by atoms with Gasteiger partial charge in [-0.3, -0.25) is 4.79 Å². The molecule has 0 aliphatic carbocycles. The molecule has 0 saturated heterocycles. The number of aldehydes is 1. The van der Waals surface area contributed by atoms with E-state index < -0.39 is 20.0 Å². The Hall–Kier alpha value is -2.01. The number of hydrogen-bond acceptors (Lipinski definition) is 6. The van der Waals surface area contributed by atoms with Crippen molar-refractivity contribution in [2.75, 3.05) is 26.2 Å². The fraction of sp³-hybridized carbons (Fsp3) is 0.450. The van der Waals surface area contributed by atoms with E-state index in [1.165, 1.54) is 26.8 Å². The molecule has 8 nitrogen and oxygen atoms in total. The number of hydrogen-bond donors (Lipinski definition) is 0. The highest BCUT2D eigenvalue weighted by molar-refractivity contribution is 7.92. The van der Waals surface area contributed by atoms with Gasteiger partial charge in [-0.25, -0.2) is 16.8 Å². The van der Waals surface area contributed by atoms with Crippen molar-refractivity contribution in [3.63, 3.8) is 0 Å². The highest BCUT2D eigenvalue weighted by Gasteiger charge is 2.34. The van der Waals surface area contributed by atoms with Crippen molar-refractivity contribution in [3.8, 4) is 11.3 Å². The summed E-state index contributed by atoms with van der Waals surface area (Å²) in [4.78, 5) is 10.4. The molecular formula is C20H28N2O6S2. The summed E-state index contributed by atoms with van der Waals surface area (Å²) in [6, 6.07) is 5.72. The summed E-state index contributed by atoms with van der Waals surface area (Å²) in [5, 5.41) is 0. The molecule has 0 radical (unpaired) electrons. The van der Waals surface area contributed by atoms with E-state index in [-0.39, 0.29) is 47.5 Å². The molecule has 0 amide bonds. The normalized spacial score (nSPS) is 12.6. The summed E-state index contributed by atoms with van der Waals surface area (Å²) in [6.45, 7) is 9.28. The van der Waals surface area contributed by atoms with E-state index in [4.69, 9.17) is 4.42 Å². The molecule has 1 aromatic heterocycles. The number of carbonyl (C=O) groups excluding carboxylic acids is 1. The third-order valence-electron chi connectivity index (χ3n) is 4.95. The molecule has 30 heavy (non-hydrogen) atoms. The van der Waals surface area contributed by atoms with E-state index in [1.807, 2.05) is 0 Å². The van der Waals surface area contributed by atoms with Gasteiger partial charge in [-0.1, -0.05) is 27.7 Å². The van der Waals surface area contributed by atoms with Crippen molar-refractivity contribution in [2.45, 2.75) is 44.4 Å². The van der Waals surface area contributed by atoms with Crippen LogP contribution >= 0.6 is 0 Å². The van der Waals surface area contributed by atoms with E-state index in [2.05, 4.69) is 0 Å². The molecule has 0 aliphatic heterocycles. The van der Waals surface area contributed by atoms with Gasteiger partial charge in [0.05, 0.1) is 0 Å². The van der Waals surface area contributed by atoms with E-state index in [9.17, 15) is 21.6 Å². The van der Waals surface area contributed by atoms with Crippen molar-refractivity contribution in [1.82, 2.24) is 8.61 Å². The second kappa shape index (κ2) is 9.42. The minimum Gasteiger partial charge on any atom is -0.453 e. The zero-order valence-corrected chi connectivity index (χ0v) is 19.5. The van der Waals surface area contributed by atoms with Crippen molar-refractivity contribution in [3.05, 3.63) is 35.6 Å². The predicted octanol–water partition coefficient (Wildman–Crippen LogP) is 3.13. The largest absolute Gasteiger partial charge is 0.453 e. The minimum atomic E-state index is -4.09. The quantitative estimate of drug-likeness (QED) is 0.509. The Morgan fingerprint density at radius 1 is 0.833 bits per heavy atom. The first-order chi connectivity index (χ1) is 14.1. The summed E-state index contributed by atoms with van der Waals surface area (Å²) >= 11 is 0. The van der Waals surface area contributed by atoms with Crippen molar-refractivity contribution in [1.29, 1.82) is 0 Å². The Morgan fingerprint density at radius 3 is 1.70 bits per heavy atom. The first kappa shape index (κ1) is 24.3. The van der Waals surface area contributed by atoms with Crippen LogP contribution in [0.4, 0.5) is 0 Å². The predicted molar refractivity (Wildman–Crippen MR) is 114 cm³/mol. The second-order valence-corrected chi connectivity index (χ2v) is 10.4. The fourth-order valence-corrected chi connectivity index (χ4v) is 7.06. The molecule has 2 aromatic rings. The maximum absolute atomic E-state index is 13.4. The van der Waals surface area contributed by atoms with Gasteiger partial charge in [0.15, 0.2) is 12.0 Å². The van der Waals surface area contributed by atoms with Gasteiger partial charge in [0.1, 0.15) is 15.6 Å². The Labute approximate surface area is 178 Å². The van der Waals surface area contributed by atoms with Crippen molar-refractivity contribution >= 4 is 26.3 Å². The second-order valence-electron chi connectivity index (χ2n) is 6.61. The van der Waals surface area contributed by atoms with E-state index >= 15 is 0 Å². The van der Waals surface area contributed by atoms with Crippen LogP contribution in [0.1, 0.15) is 43.8 Å². The van der Waals surface area contributed by atoms with Crippen LogP contribution in [0.15, 0.2) is 38.5 Å². The average molecular weight is 457 g/mol. The van der Waals surface area contributed by atoms with Gasteiger partial charge in [-0.2, -0.15) is 8.61 Å². The van der Waals surface area contributed by atoms with Gasteiger partial charge < -0.3 is 4.42 Å². The van der Waals surface area contributed by atoms with Gasteiger partial charge in [-0.05, 0) is 36.8 Å². The van der Waals surface area contributed by atoms with Crippen LogP contribution < -0.4 is 0 Å². The lowest BCUT2D eigenvalue weighted by molar-refractivity contribution is 0.110. The number of sulfonamides is 2. The average Bonchev–Trinajstić information content (AvgIpc) is 3.18. The van der Waals surface area contributed by atoms with Crippen LogP contribution in [0.25, 0.3) is 11.3 Å². The lowest BCUT2D eigenvalue weighted by atomic mass is 10.1. The van der Waals surface area contributed by atoms with Crippen molar-refractivity contribution < 1.29 is 26.0 Å². The van der Waals surface area contributed by atoms with Gasteiger partial charge in [0.25, 0.3) is 0 Å². The molecule has 0 spiro atoms. The molecule has 2 rings (SSSR count). The monoisotopic (exact) mass is 456 g/mol. The Balaban J connectivity index is 2.89. The van der Waals surface area contributed by atoms with Crippen LogP contribution in [0, 0.1) is 6.92 Å². The molecule has 1 heterocycles. The minimum absolute atomic E-state index is 0.0948. The number of rotatable bonds is 10. The van der Waals surface area contributed by atoms with E-state index in [0.29, 0.717) is 17.4 Å². The molecule has 1 aromatic carbocycles. The SMILES string of the molecule is CCN(CC)S(=O)(=O)c1cc(C)c(-c2ccc(C=O)o2)cc1S(=O)(=O)N(CC)CC. The summed E-state index contributed by atoms with van der Waals surface area (Å²) in [5.74, 6) is 0.384. The number of nitrogens with zero attached hydrogens (tertiary/aromatic N) is 2. The topological polar surface area (TPSA) is 105 Å².